The first-order valence-corrected chi connectivity index (χ1v) is 10.4. The van der Waals surface area contributed by atoms with E-state index in [1.165, 1.54) is 25.3 Å². The maximum Gasteiger partial charge on any atom is 0.248 e. The average molecular weight is 406 g/mol. The van der Waals surface area contributed by atoms with E-state index in [1.807, 2.05) is 30.3 Å². The standard InChI is InChI=1S/C24H24ClN3O/c1-17-4-2-3-15-28(17)23-13-8-19-16-21(11-12-22(19)27-23)26-24(29)14-7-18-5-9-20(25)10-6-18/h5-14,16-17H,2-4,15H2,1H3,(H,26,29)/b14-7+/t17-/m0/s1. The number of aromatic nitrogens is 1. The highest BCUT2D eigenvalue weighted by Crippen LogP contribution is 2.26. The summed E-state index contributed by atoms with van der Waals surface area (Å²) in [5.41, 5.74) is 2.62. The zero-order valence-electron chi connectivity index (χ0n) is 16.4. The Balaban J connectivity index is 1.46. The number of carbonyl (C=O) groups excluding carboxylic acids is 1. The van der Waals surface area contributed by atoms with Crippen molar-refractivity contribution in [2.75, 3.05) is 16.8 Å². The molecule has 4 nitrogen and oxygen atoms in total. The molecule has 0 bridgehead atoms. The fourth-order valence-corrected chi connectivity index (χ4v) is 3.85. The number of anilines is 2. The third-order valence-electron chi connectivity index (χ3n) is 5.34. The molecule has 0 aliphatic carbocycles. The normalized spacial score (nSPS) is 17.0. The molecule has 1 aromatic heterocycles. The minimum atomic E-state index is -0.175. The predicted molar refractivity (Wildman–Crippen MR) is 122 cm³/mol. The van der Waals surface area contributed by atoms with Crippen LogP contribution in [-0.2, 0) is 4.79 Å². The Morgan fingerprint density at radius 1 is 1.14 bits per heavy atom. The second-order valence-electron chi connectivity index (χ2n) is 7.49. The van der Waals surface area contributed by atoms with E-state index >= 15 is 0 Å². The SMILES string of the molecule is C[C@H]1CCCCN1c1ccc2cc(NC(=O)/C=C/c3ccc(Cl)cc3)ccc2n1. The molecule has 5 heteroatoms. The summed E-state index contributed by atoms with van der Waals surface area (Å²) in [5.74, 6) is 0.860. The summed E-state index contributed by atoms with van der Waals surface area (Å²) in [6.45, 7) is 3.33. The van der Waals surface area contributed by atoms with E-state index in [4.69, 9.17) is 16.6 Å². The Kier molecular flexibility index (Phi) is 5.81. The Bertz CT molecular complexity index is 1050. The number of amides is 1. The molecule has 0 unspecified atom stereocenters. The summed E-state index contributed by atoms with van der Waals surface area (Å²) in [6.07, 6.45) is 7.01. The minimum absolute atomic E-state index is 0.175. The molecule has 148 valence electrons. The molecule has 1 N–H and O–H groups in total. The fourth-order valence-electron chi connectivity index (χ4n) is 3.72. The van der Waals surface area contributed by atoms with Gasteiger partial charge >= 0.3 is 0 Å². The first kappa shape index (κ1) is 19.5. The third-order valence-corrected chi connectivity index (χ3v) is 5.59. The summed E-state index contributed by atoms with van der Waals surface area (Å²) in [4.78, 5) is 19.5. The van der Waals surface area contributed by atoms with E-state index in [-0.39, 0.29) is 5.91 Å². The molecular weight excluding hydrogens is 382 g/mol. The van der Waals surface area contributed by atoms with Gasteiger partial charge < -0.3 is 10.2 Å². The van der Waals surface area contributed by atoms with Gasteiger partial charge in [0, 0.05) is 34.8 Å². The monoisotopic (exact) mass is 405 g/mol. The minimum Gasteiger partial charge on any atom is -0.354 e. The van der Waals surface area contributed by atoms with Crippen LogP contribution in [0.25, 0.3) is 17.0 Å². The summed E-state index contributed by atoms with van der Waals surface area (Å²) < 4.78 is 0. The van der Waals surface area contributed by atoms with Crippen molar-refractivity contribution in [2.45, 2.75) is 32.2 Å². The van der Waals surface area contributed by atoms with E-state index in [0.717, 1.165) is 34.5 Å². The lowest BCUT2D eigenvalue weighted by molar-refractivity contribution is -0.111. The zero-order valence-corrected chi connectivity index (χ0v) is 17.2. The molecule has 1 saturated heterocycles. The van der Waals surface area contributed by atoms with E-state index in [2.05, 4.69) is 29.3 Å². The first-order valence-electron chi connectivity index (χ1n) is 10.0. The number of pyridine rings is 1. The van der Waals surface area contributed by atoms with Crippen LogP contribution in [0.15, 0.2) is 60.7 Å². The van der Waals surface area contributed by atoms with Gasteiger partial charge in [0.15, 0.2) is 0 Å². The van der Waals surface area contributed by atoms with Gasteiger partial charge in [-0.15, -0.1) is 0 Å². The molecule has 0 saturated carbocycles. The lowest BCUT2D eigenvalue weighted by Gasteiger charge is -2.34. The number of benzene rings is 2. The molecule has 4 rings (SSSR count). The molecule has 1 amide bonds. The van der Waals surface area contributed by atoms with Crippen molar-refractivity contribution in [1.82, 2.24) is 4.98 Å². The number of rotatable bonds is 4. The highest BCUT2D eigenvalue weighted by molar-refractivity contribution is 6.30. The third kappa shape index (κ3) is 4.77. The van der Waals surface area contributed by atoms with Crippen LogP contribution in [0.1, 0.15) is 31.7 Å². The average Bonchev–Trinajstić information content (AvgIpc) is 2.73. The van der Waals surface area contributed by atoms with Crippen molar-refractivity contribution in [2.24, 2.45) is 0 Å². The van der Waals surface area contributed by atoms with E-state index in [0.29, 0.717) is 11.1 Å². The highest BCUT2D eigenvalue weighted by atomic mass is 35.5. The largest absolute Gasteiger partial charge is 0.354 e. The summed E-state index contributed by atoms with van der Waals surface area (Å²) in [5, 5.41) is 4.60. The van der Waals surface area contributed by atoms with Crippen molar-refractivity contribution in [3.63, 3.8) is 0 Å². The van der Waals surface area contributed by atoms with Gasteiger partial charge in [-0.2, -0.15) is 0 Å². The van der Waals surface area contributed by atoms with Gasteiger partial charge in [0.25, 0.3) is 0 Å². The predicted octanol–water partition coefficient (Wildman–Crippen LogP) is 5.92. The van der Waals surface area contributed by atoms with Crippen LogP contribution in [0.4, 0.5) is 11.5 Å². The summed E-state index contributed by atoms with van der Waals surface area (Å²) >= 11 is 5.88. The smallest absolute Gasteiger partial charge is 0.248 e. The van der Waals surface area contributed by atoms with Gasteiger partial charge in [-0.05, 0) is 80.3 Å². The van der Waals surface area contributed by atoms with Crippen LogP contribution in [0.3, 0.4) is 0 Å². The Labute approximate surface area is 176 Å². The molecule has 2 aromatic carbocycles. The summed E-state index contributed by atoms with van der Waals surface area (Å²) in [6, 6.07) is 17.8. The van der Waals surface area contributed by atoms with Crippen LogP contribution in [-0.4, -0.2) is 23.5 Å². The molecule has 1 atom stereocenters. The molecular formula is C24H24ClN3O. The molecule has 1 aliphatic rings. The molecule has 1 aliphatic heterocycles. The van der Waals surface area contributed by atoms with E-state index in [9.17, 15) is 4.79 Å². The number of piperidine rings is 1. The molecule has 29 heavy (non-hydrogen) atoms. The first-order chi connectivity index (χ1) is 14.1. The van der Waals surface area contributed by atoms with Crippen molar-refractivity contribution in [3.8, 4) is 0 Å². The van der Waals surface area contributed by atoms with Gasteiger partial charge in [0.05, 0.1) is 5.52 Å². The number of fused-ring (bicyclic) bond motifs is 1. The van der Waals surface area contributed by atoms with E-state index in [1.54, 1.807) is 18.2 Å². The number of hydrogen-bond acceptors (Lipinski definition) is 3. The molecule has 3 aromatic rings. The topological polar surface area (TPSA) is 45.2 Å². The van der Waals surface area contributed by atoms with Crippen LogP contribution < -0.4 is 10.2 Å². The van der Waals surface area contributed by atoms with Gasteiger partial charge in [-0.3, -0.25) is 4.79 Å². The van der Waals surface area contributed by atoms with Gasteiger partial charge in [0.2, 0.25) is 5.91 Å². The van der Waals surface area contributed by atoms with Gasteiger partial charge in [-0.25, -0.2) is 4.98 Å². The van der Waals surface area contributed by atoms with Crippen LogP contribution in [0.2, 0.25) is 5.02 Å². The van der Waals surface area contributed by atoms with Crippen molar-refractivity contribution >= 4 is 46.0 Å². The van der Waals surface area contributed by atoms with Crippen molar-refractivity contribution < 1.29 is 4.79 Å². The quantitative estimate of drug-likeness (QED) is 0.548. The van der Waals surface area contributed by atoms with Crippen LogP contribution in [0.5, 0.6) is 0 Å². The number of nitrogens with zero attached hydrogens (tertiary/aromatic N) is 2. The van der Waals surface area contributed by atoms with Crippen LogP contribution >= 0.6 is 11.6 Å². The maximum absolute atomic E-state index is 12.2. The Morgan fingerprint density at radius 3 is 2.76 bits per heavy atom. The molecule has 0 spiro atoms. The second-order valence-corrected chi connectivity index (χ2v) is 7.93. The number of hydrogen-bond donors (Lipinski definition) is 1. The van der Waals surface area contributed by atoms with E-state index < -0.39 is 0 Å². The summed E-state index contributed by atoms with van der Waals surface area (Å²) in [7, 11) is 0. The van der Waals surface area contributed by atoms with Crippen molar-refractivity contribution in [3.05, 3.63) is 71.3 Å². The molecule has 1 fully saturated rings. The van der Waals surface area contributed by atoms with Crippen molar-refractivity contribution in [1.29, 1.82) is 0 Å². The van der Waals surface area contributed by atoms with Crippen LogP contribution in [0, 0.1) is 0 Å². The second kappa shape index (κ2) is 8.66. The highest BCUT2D eigenvalue weighted by Gasteiger charge is 2.19. The maximum atomic E-state index is 12.2. The van der Waals surface area contributed by atoms with Gasteiger partial charge in [0.1, 0.15) is 5.82 Å². The molecule has 0 radical (unpaired) electrons. The Hall–Kier alpha value is -2.85. The number of nitrogens with one attached hydrogen (secondary N) is 1. The lowest BCUT2D eigenvalue weighted by Crippen LogP contribution is -2.37. The zero-order chi connectivity index (χ0) is 20.2. The lowest BCUT2D eigenvalue weighted by atomic mass is 10.0. The van der Waals surface area contributed by atoms with Gasteiger partial charge in [-0.1, -0.05) is 23.7 Å². The fraction of sp³-hybridized carbons (Fsp3) is 0.250. The number of carbonyl (C=O) groups is 1. The Morgan fingerprint density at radius 2 is 1.97 bits per heavy atom. The number of halogens is 1. The molecule has 2 heterocycles.